The molecule has 0 atom stereocenters. The number of carbonyl (C=O) groups excluding carboxylic acids is 1. The Kier molecular flexibility index (Phi) is 4.62. The van der Waals surface area contributed by atoms with E-state index in [4.69, 9.17) is 5.11 Å². The molecule has 0 radical (unpaired) electrons. The van der Waals surface area contributed by atoms with Crippen LogP contribution in [0.3, 0.4) is 0 Å². The summed E-state index contributed by atoms with van der Waals surface area (Å²) < 4.78 is 1.92. The third-order valence-electron chi connectivity index (χ3n) is 3.25. The molecule has 6 nitrogen and oxygen atoms in total. The third-order valence-corrected chi connectivity index (χ3v) is 4.14. The SMILES string of the molecule is Cc1cn2c(CC(=O)N(CCC(=O)O)C(C)C)csc2n1. The molecule has 7 heteroatoms. The van der Waals surface area contributed by atoms with E-state index in [1.54, 1.807) is 4.90 Å². The molecule has 0 saturated carbocycles. The lowest BCUT2D eigenvalue weighted by molar-refractivity contribution is -0.139. The fourth-order valence-corrected chi connectivity index (χ4v) is 3.13. The van der Waals surface area contributed by atoms with Crippen LogP contribution in [0.2, 0.25) is 0 Å². The summed E-state index contributed by atoms with van der Waals surface area (Å²) in [6, 6.07) is -0.0181. The minimum absolute atomic E-state index is 0.0181. The van der Waals surface area contributed by atoms with Gasteiger partial charge in [0.1, 0.15) is 0 Å². The molecule has 0 bridgehead atoms. The van der Waals surface area contributed by atoms with E-state index in [9.17, 15) is 9.59 Å². The summed E-state index contributed by atoms with van der Waals surface area (Å²) in [5, 5.41) is 10.7. The fraction of sp³-hybridized carbons (Fsp3) is 0.500. The van der Waals surface area contributed by atoms with Crippen LogP contribution >= 0.6 is 11.3 Å². The van der Waals surface area contributed by atoms with E-state index in [0.717, 1.165) is 16.3 Å². The van der Waals surface area contributed by atoms with Gasteiger partial charge in [0.2, 0.25) is 5.91 Å². The van der Waals surface area contributed by atoms with Crippen molar-refractivity contribution < 1.29 is 14.7 Å². The first-order valence-corrected chi connectivity index (χ1v) is 7.69. The lowest BCUT2D eigenvalue weighted by Crippen LogP contribution is -2.39. The second-order valence-corrected chi connectivity index (χ2v) is 6.10. The van der Waals surface area contributed by atoms with Gasteiger partial charge < -0.3 is 10.0 Å². The molecule has 21 heavy (non-hydrogen) atoms. The van der Waals surface area contributed by atoms with Crippen molar-refractivity contribution in [3.63, 3.8) is 0 Å². The van der Waals surface area contributed by atoms with Gasteiger partial charge in [0, 0.05) is 29.9 Å². The Bertz CT molecular complexity index is 660. The summed E-state index contributed by atoms with van der Waals surface area (Å²) in [5.41, 5.74) is 1.81. The monoisotopic (exact) mass is 309 g/mol. The summed E-state index contributed by atoms with van der Waals surface area (Å²) >= 11 is 1.50. The highest BCUT2D eigenvalue weighted by atomic mass is 32.1. The van der Waals surface area contributed by atoms with E-state index in [0.29, 0.717) is 0 Å². The molecule has 1 amide bonds. The summed E-state index contributed by atoms with van der Waals surface area (Å²) in [5.74, 6) is -0.950. The second-order valence-electron chi connectivity index (χ2n) is 5.26. The molecule has 2 aromatic heterocycles. The summed E-state index contributed by atoms with van der Waals surface area (Å²) in [7, 11) is 0. The van der Waals surface area contributed by atoms with Crippen LogP contribution in [-0.4, -0.2) is 43.9 Å². The Morgan fingerprint density at radius 2 is 2.19 bits per heavy atom. The van der Waals surface area contributed by atoms with Gasteiger partial charge in [-0.25, -0.2) is 4.98 Å². The number of fused-ring (bicyclic) bond motifs is 1. The van der Waals surface area contributed by atoms with Crippen LogP contribution in [0.4, 0.5) is 0 Å². The lowest BCUT2D eigenvalue weighted by Gasteiger charge is -2.26. The van der Waals surface area contributed by atoms with Crippen molar-refractivity contribution in [2.45, 2.75) is 39.7 Å². The number of nitrogens with zero attached hydrogens (tertiary/aromatic N) is 3. The molecule has 2 rings (SSSR count). The molecule has 114 valence electrons. The molecule has 1 N–H and O–H groups in total. The first kappa shape index (κ1) is 15.5. The van der Waals surface area contributed by atoms with Crippen LogP contribution in [0.25, 0.3) is 4.96 Å². The van der Waals surface area contributed by atoms with Crippen LogP contribution in [0.5, 0.6) is 0 Å². The fourth-order valence-electron chi connectivity index (χ4n) is 2.21. The molecule has 0 aliphatic carbocycles. The van der Waals surface area contributed by atoms with Gasteiger partial charge in [-0.15, -0.1) is 11.3 Å². The highest BCUT2D eigenvalue weighted by Gasteiger charge is 2.20. The first-order chi connectivity index (χ1) is 9.88. The van der Waals surface area contributed by atoms with Crippen molar-refractivity contribution in [1.29, 1.82) is 0 Å². The third kappa shape index (κ3) is 3.60. The number of thiazole rings is 1. The number of amides is 1. The molecule has 0 aliphatic heterocycles. The predicted molar refractivity (Wildman–Crippen MR) is 80.6 cm³/mol. The topological polar surface area (TPSA) is 74.9 Å². The van der Waals surface area contributed by atoms with Crippen LogP contribution in [0, 0.1) is 6.92 Å². The zero-order valence-electron chi connectivity index (χ0n) is 12.4. The maximum atomic E-state index is 12.4. The summed E-state index contributed by atoms with van der Waals surface area (Å²) in [6.07, 6.45) is 2.13. The highest BCUT2D eigenvalue weighted by molar-refractivity contribution is 7.15. The van der Waals surface area contributed by atoms with Crippen LogP contribution in [-0.2, 0) is 16.0 Å². The summed E-state index contributed by atoms with van der Waals surface area (Å²) in [6.45, 7) is 5.94. The van der Waals surface area contributed by atoms with Gasteiger partial charge in [0.15, 0.2) is 4.96 Å². The number of hydrogen-bond acceptors (Lipinski definition) is 4. The van der Waals surface area contributed by atoms with E-state index in [2.05, 4.69) is 4.98 Å². The Hall–Kier alpha value is -1.89. The lowest BCUT2D eigenvalue weighted by atomic mass is 10.2. The smallest absolute Gasteiger partial charge is 0.305 e. The molecule has 0 aliphatic rings. The quantitative estimate of drug-likeness (QED) is 0.885. The van der Waals surface area contributed by atoms with Gasteiger partial charge in [-0.3, -0.25) is 14.0 Å². The van der Waals surface area contributed by atoms with E-state index in [-0.39, 0.29) is 31.3 Å². The predicted octanol–water partition coefficient (Wildman–Crippen LogP) is 1.96. The minimum Gasteiger partial charge on any atom is -0.481 e. The number of rotatable bonds is 6. The molecule has 2 aromatic rings. The number of carbonyl (C=O) groups is 2. The largest absolute Gasteiger partial charge is 0.481 e. The molecule has 0 fully saturated rings. The van der Waals surface area contributed by atoms with Gasteiger partial charge in [-0.05, 0) is 20.8 Å². The summed E-state index contributed by atoms with van der Waals surface area (Å²) in [4.78, 5) is 30.0. The van der Waals surface area contributed by atoms with Gasteiger partial charge in [0.25, 0.3) is 0 Å². The van der Waals surface area contributed by atoms with Gasteiger partial charge >= 0.3 is 5.97 Å². The number of aryl methyl sites for hydroxylation is 1. The molecule has 0 spiro atoms. The molecule has 2 heterocycles. The average molecular weight is 309 g/mol. The number of carboxylic acid groups (broad SMARTS) is 1. The Morgan fingerprint density at radius 1 is 1.48 bits per heavy atom. The number of aliphatic carboxylic acids is 1. The van der Waals surface area contributed by atoms with Crippen molar-refractivity contribution in [2.75, 3.05) is 6.54 Å². The molecular formula is C14H19N3O3S. The van der Waals surface area contributed by atoms with Crippen molar-refractivity contribution in [3.8, 4) is 0 Å². The van der Waals surface area contributed by atoms with E-state index in [1.165, 1.54) is 11.3 Å². The normalized spacial score (nSPS) is 11.2. The number of carboxylic acids is 1. The van der Waals surface area contributed by atoms with Gasteiger partial charge in [-0.2, -0.15) is 0 Å². The van der Waals surface area contributed by atoms with Crippen molar-refractivity contribution in [2.24, 2.45) is 0 Å². The van der Waals surface area contributed by atoms with E-state index >= 15 is 0 Å². The van der Waals surface area contributed by atoms with Gasteiger partial charge in [-0.1, -0.05) is 0 Å². The van der Waals surface area contributed by atoms with Crippen LogP contribution < -0.4 is 0 Å². The Labute approximate surface area is 127 Å². The standard InChI is InChI=1S/C14H19N3O3S/c1-9(2)16(5-4-13(19)20)12(18)6-11-8-21-14-15-10(3)7-17(11)14/h7-9H,4-6H2,1-3H3,(H,19,20). The van der Waals surface area contributed by atoms with Crippen LogP contribution in [0.1, 0.15) is 31.7 Å². The first-order valence-electron chi connectivity index (χ1n) is 6.82. The van der Waals surface area contributed by atoms with E-state index < -0.39 is 5.97 Å². The number of hydrogen-bond donors (Lipinski definition) is 1. The Morgan fingerprint density at radius 3 is 2.81 bits per heavy atom. The molecule has 0 saturated heterocycles. The zero-order chi connectivity index (χ0) is 15.6. The van der Waals surface area contributed by atoms with E-state index in [1.807, 2.05) is 36.7 Å². The molecular weight excluding hydrogens is 290 g/mol. The zero-order valence-corrected chi connectivity index (χ0v) is 13.2. The highest BCUT2D eigenvalue weighted by Crippen LogP contribution is 2.18. The van der Waals surface area contributed by atoms with Crippen LogP contribution in [0.15, 0.2) is 11.6 Å². The van der Waals surface area contributed by atoms with Crippen molar-refractivity contribution in [3.05, 3.63) is 23.0 Å². The van der Waals surface area contributed by atoms with Crippen molar-refractivity contribution in [1.82, 2.24) is 14.3 Å². The molecule has 0 aromatic carbocycles. The minimum atomic E-state index is -0.892. The second kappa shape index (κ2) is 6.26. The number of imidazole rings is 1. The average Bonchev–Trinajstić information content (AvgIpc) is 2.89. The van der Waals surface area contributed by atoms with Gasteiger partial charge in [0.05, 0.1) is 18.5 Å². The Balaban J connectivity index is 2.12. The maximum Gasteiger partial charge on any atom is 0.305 e. The number of aromatic nitrogens is 2. The molecule has 0 unspecified atom stereocenters. The van der Waals surface area contributed by atoms with Crippen molar-refractivity contribution >= 4 is 28.2 Å². The maximum absolute atomic E-state index is 12.4.